The number of benzene rings is 2. The third kappa shape index (κ3) is 5.26. The third-order valence-electron chi connectivity index (χ3n) is 3.89. The van der Waals surface area contributed by atoms with E-state index in [1.165, 1.54) is 18.2 Å². The number of aryl methyl sites for hydroxylation is 1. The summed E-state index contributed by atoms with van der Waals surface area (Å²) in [7, 11) is 0. The molecule has 0 unspecified atom stereocenters. The van der Waals surface area contributed by atoms with Gasteiger partial charge in [-0.3, -0.25) is 4.79 Å². The second-order valence-electron chi connectivity index (χ2n) is 5.87. The molecule has 0 aliphatic carbocycles. The van der Waals surface area contributed by atoms with E-state index in [-0.39, 0.29) is 21.4 Å². The van der Waals surface area contributed by atoms with Gasteiger partial charge in [-0.2, -0.15) is 5.26 Å². The van der Waals surface area contributed by atoms with Gasteiger partial charge in [-0.15, -0.1) is 0 Å². The molecule has 144 valence electrons. The molecule has 28 heavy (non-hydrogen) atoms. The van der Waals surface area contributed by atoms with Crippen LogP contribution < -0.4 is 10.1 Å². The van der Waals surface area contributed by atoms with Crippen molar-refractivity contribution in [2.75, 3.05) is 11.9 Å². The Morgan fingerprint density at radius 2 is 1.89 bits per heavy atom. The number of carboxylic acids is 1. The van der Waals surface area contributed by atoms with Crippen molar-refractivity contribution >= 4 is 46.8 Å². The van der Waals surface area contributed by atoms with E-state index in [2.05, 4.69) is 5.32 Å². The molecule has 0 saturated heterocycles. The summed E-state index contributed by atoms with van der Waals surface area (Å²) in [6, 6.07) is 10.2. The largest absolute Gasteiger partial charge is 0.479 e. The Bertz CT molecular complexity index is 987. The fourth-order valence-corrected chi connectivity index (χ4v) is 2.94. The molecule has 0 bridgehead atoms. The molecule has 8 heteroatoms. The van der Waals surface area contributed by atoms with Crippen LogP contribution in [-0.4, -0.2) is 23.6 Å². The van der Waals surface area contributed by atoms with Gasteiger partial charge in [0.2, 0.25) is 0 Å². The third-order valence-corrected chi connectivity index (χ3v) is 4.45. The van der Waals surface area contributed by atoms with Crippen molar-refractivity contribution in [2.45, 2.75) is 13.8 Å². The lowest BCUT2D eigenvalue weighted by atomic mass is 10.1. The predicted octanol–water partition coefficient (Wildman–Crippen LogP) is 4.62. The van der Waals surface area contributed by atoms with Crippen molar-refractivity contribution in [1.29, 1.82) is 5.26 Å². The normalized spacial score (nSPS) is 10.9. The molecule has 6 nitrogen and oxygen atoms in total. The maximum absolute atomic E-state index is 12.5. The van der Waals surface area contributed by atoms with Gasteiger partial charge in [0.25, 0.3) is 5.91 Å². The fourth-order valence-electron chi connectivity index (χ4n) is 2.33. The number of carbonyl (C=O) groups is 2. The number of amides is 1. The summed E-state index contributed by atoms with van der Waals surface area (Å²) in [5, 5.41) is 20.9. The van der Waals surface area contributed by atoms with E-state index in [0.29, 0.717) is 11.3 Å². The number of nitrogens with one attached hydrogen (secondary N) is 1. The monoisotopic (exact) mass is 418 g/mol. The molecule has 2 aromatic carbocycles. The van der Waals surface area contributed by atoms with Crippen molar-refractivity contribution in [3.05, 3.63) is 62.6 Å². The van der Waals surface area contributed by atoms with E-state index in [1.807, 2.05) is 32.0 Å². The van der Waals surface area contributed by atoms with E-state index >= 15 is 0 Å². The first-order chi connectivity index (χ1) is 13.2. The number of carboxylic acid groups (broad SMARTS) is 1. The Kier molecular flexibility index (Phi) is 7.05. The minimum atomic E-state index is -1.18. The average molecular weight is 419 g/mol. The number of ether oxygens (including phenoxy) is 1. The summed E-state index contributed by atoms with van der Waals surface area (Å²) in [6.07, 6.45) is 1.33. The van der Waals surface area contributed by atoms with E-state index in [9.17, 15) is 14.9 Å². The lowest BCUT2D eigenvalue weighted by Gasteiger charge is -2.11. The topological polar surface area (TPSA) is 99.4 Å². The molecule has 0 fully saturated rings. The van der Waals surface area contributed by atoms with Crippen molar-refractivity contribution in [3.8, 4) is 11.8 Å². The van der Waals surface area contributed by atoms with Crippen LogP contribution in [0.5, 0.6) is 5.75 Å². The van der Waals surface area contributed by atoms with Crippen LogP contribution in [0.2, 0.25) is 10.0 Å². The molecule has 0 aliphatic rings. The molecule has 0 aliphatic heterocycles. The number of rotatable bonds is 6. The summed E-state index contributed by atoms with van der Waals surface area (Å²) in [6.45, 7) is 3.19. The number of carbonyl (C=O) groups excluding carboxylic acids is 1. The molecule has 2 rings (SSSR count). The number of nitrogens with zero attached hydrogens (tertiary/aromatic N) is 1. The second kappa shape index (κ2) is 9.27. The summed E-state index contributed by atoms with van der Waals surface area (Å²) in [4.78, 5) is 23.1. The number of aliphatic carboxylic acids is 1. The van der Waals surface area contributed by atoms with Gasteiger partial charge in [-0.05, 0) is 54.8 Å². The summed E-state index contributed by atoms with van der Waals surface area (Å²) in [5.41, 5.74) is 2.77. The van der Waals surface area contributed by atoms with Crippen LogP contribution in [0.25, 0.3) is 6.08 Å². The first-order valence-corrected chi connectivity index (χ1v) is 8.81. The molecule has 1 amide bonds. The Balaban J connectivity index is 2.28. The highest BCUT2D eigenvalue weighted by atomic mass is 35.5. The number of hydrogen-bond acceptors (Lipinski definition) is 4. The van der Waals surface area contributed by atoms with Gasteiger partial charge in [-0.1, -0.05) is 35.3 Å². The zero-order valence-electron chi connectivity index (χ0n) is 15.0. The maximum Gasteiger partial charge on any atom is 0.341 e. The van der Waals surface area contributed by atoms with E-state index < -0.39 is 18.5 Å². The van der Waals surface area contributed by atoms with Gasteiger partial charge in [0.05, 0.1) is 10.0 Å². The fraction of sp³-hybridized carbons (Fsp3) is 0.150. The zero-order chi connectivity index (χ0) is 20.8. The molecule has 0 aromatic heterocycles. The standard InChI is InChI=1S/C20H16Cl2N2O4/c1-11-4-3-5-17(12(11)2)24-20(27)14(9-23)6-13-7-15(21)19(16(22)8-13)28-10-18(25)26/h3-8H,10H2,1-2H3,(H,24,27)(H,25,26)/b14-6+. The average Bonchev–Trinajstić information content (AvgIpc) is 2.62. The van der Waals surface area contributed by atoms with Crippen LogP contribution in [0, 0.1) is 25.2 Å². The highest BCUT2D eigenvalue weighted by Crippen LogP contribution is 2.35. The Morgan fingerprint density at radius 1 is 1.25 bits per heavy atom. The summed E-state index contributed by atoms with van der Waals surface area (Å²) in [5.74, 6) is -1.73. The van der Waals surface area contributed by atoms with E-state index in [1.54, 1.807) is 6.07 Å². The number of anilines is 1. The summed E-state index contributed by atoms with van der Waals surface area (Å²) >= 11 is 12.2. The number of nitriles is 1. The molecule has 0 saturated carbocycles. The molecule has 0 spiro atoms. The zero-order valence-corrected chi connectivity index (χ0v) is 16.6. The number of halogens is 2. The van der Waals surface area contributed by atoms with Crippen molar-refractivity contribution in [2.24, 2.45) is 0 Å². The molecular weight excluding hydrogens is 403 g/mol. The van der Waals surface area contributed by atoms with Crippen LogP contribution in [-0.2, 0) is 9.59 Å². The van der Waals surface area contributed by atoms with Crippen molar-refractivity contribution in [3.63, 3.8) is 0 Å². The van der Waals surface area contributed by atoms with Gasteiger partial charge < -0.3 is 15.2 Å². The SMILES string of the molecule is Cc1cccc(NC(=O)/C(C#N)=C/c2cc(Cl)c(OCC(=O)O)c(Cl)c2)c1C. The maximum atomic E-state index is 12.5. The van der Waals surface area contributed by atoms with Crippen LogP contribution in [0.3, 0.4) is 0 Å². The van der Waals surface area contributed by atoms with Gasteiger partial charge in [0.15, 0.2) is 12.4 Å². The molecule has 0 radical (unpaired) electrons. The quantitative estimate of drug-likeness (QED) is 0.526. The van der Waals surface area contributed by atoms with Gasteiger partial charge in [0, 0.05) is 5.69 Å². The van der Waals surface area contributed by atoms with Crippen molar-refractivity contribution in [1.82, 2.24) is 0 Å². The van der Waals surface area contributed by atoms with Gasteiger partial charge >= 0.3 is 5.97 Å². The lowest BCUT2D eigenvalue weighted by Crippen LogP contribution is -2.14. The van der Waals surface area contributed by atoms with Crippen LogP contribution in [0.4, 0.5) is 5.69 Å². The van der Waals surface area contributed by atoms with Gasteiger partial charge in [0.1, 0.15) is 11.6 Å². The van der Waals surface area contributed by atoms with Crippen LogP contribution in [0.15, 0.2) is 35.9 Å². The van der Waals surface area contributed by atoms with E-state index in [0.717, 1.165) is 11.1 Å². The highest BCUT2D eigenvalue weighted by Gasteiger charge is 2.14. The van der Waals surface area contributed by atoms with Crippen LogP contribution >= 0.6 is 23.2 Å². The Morgan fingerprint density at radius 3 is 2.46 bits per heavy atom. The molecule has 2 aromatic rings. The first-order valence-electron chi connectivity index (χ1n) is 8.06. The molecule has 0 atom stereocenters. The minimum absolute atomic E-state index is 0.0150. The highest BCUT2D eigenvalue weighted by molar-refractivity contribution is 6.37. The Labute approximate surface area is 171 Å². The lowest BCUT2D eigenvalue weighted by molar-refractivity contribution is -0.139. The van der Waals surface area contributed by atoms with Crippen LogP contribution in [0.1, 0.15) is 16.7 Å². The molecule has 0 heterocycles. The second-order valence-corrected chi connectivity index (χ2v) is 6.68. The minimum Gasteiger partial charge on any atom is -0.479 e. The van der Waals surface area contributed by atoms with E-state index in [4.69, 9.17) is 33.0 Å². The number of hydrogen-bond donors (Lipinski definition) is 2. The molecule has 2 N–H and O–H groups in total. The van der Waals surface area contributed by atoms with Crippen molar-refractivity contribution < 1.29 is 19.4 Å². The van der Waals surface area contributed by atoms with Gasteiger partial charge in [-0.25, -0.2) is 4.79 Å². The molecular formula is C20H16Cl2N2O4. The summed E-state index contributed by atoms with van der Waals surface area (Å²) < 4.78 is 5.04. The first kappa shape index (κ1) is 21.3. The smallest absolute Gasteiger partial charge is 0.341 e. The Hall–Kier alpha value is -3.01. The predicted molar refractivity (Wildman–Crippen MR) is 108 cm³/mol.